The topological polar surface area (TPSA) is 57.2 Å². The number of hydrogen-bond donors (Lipinski definition) is 1. The van der Waals surface area contributed by atoms with Gasteiger partial charge in [0.05, 0.1) is 6.54 Å². The number of carbonyl (C=O) groups excluding carboxylic acids is 1. The molecule has 148 valence electrons. The van der Waals surface area contributed by atoms with E-state index < -0.39 is 6.61 Å². The molecule has 0 spiro atoms. The molecule has 0 aliphatic carbocycles. The van der Waals surface area contributed by atoms with Crippen molar-refractivity contribution in [1.29, 1.82) is 0 Å². The lowest BCUT2D eigenvalue weighted by atomic mass is 10.2. The van der Waals surface area contributed by atoms with Crippen molar-refractivity contribution in [3.8, 4) is 5.75 Å². The number of hydrogen-bond acceptors (Lipinski definition) is 3. The molecule has 1 rings (SSSR count). The number of rotatable bonds is 8. The maximum absolute atomic E-state index is 12.2. The first-order valence-electron chi connectivity index (χ1n) is 8.06. The third-order valence-electron chi connectivity index (χ3n) is 3.35. The Balaban J connectivity index is 0.00000625. The van der Waals surface area contributed by atoms with Crippen LogP contribution in [0.3, 0.4) is 0 Å². The minimum absolute atomic E-state index is 0. The molecule has 1 N–H and O–H groups in total. The minimum atomic E-state index is -2.83. The third kappa shape index (κ3) is 9.16. The Labute approximate surface area is 170 Å². The summed E-state index contributed by atoms with van der Waals surface area (Å²) in [5.41, 5.74) is 0.930. The summed E-state index contributed by atoms with van der Waals surface area (Å²) in [6.07, 6.45) is 0.343. The zero-order chi connectivity index (χ0) is 18.8. The summed E-state index contributed by atoms with van der Waals surface area (Å²) in [5, 5.41) is 3.17. The van der Waals surface area contributed by atoms with Crippen LogP contribution in [0.15, 0.2) is 29.3 Å². The fourth-order valence-electron chi connectivity index (χ4n) is 2.08. The van der Waals surface area contributed by atoms with E-state index in [9.17, 15) is 13.6 Å². The van der Waals surface area contributed by atoms with Crippen LogP contribution in [0.25, 0.3) is 0 Å². The molecule has 0 aliphatic rings. The molecule has 0 aliphatic heterocycles. The van der Waals surface area contributed by atoms with Crippen LogP contribution < -0.4 is 10.1 Å². The average molecular weight is 484 g/mol. The van der Waals surface area contributed by atoms with Crippen molar-refractivity contribution in [2.24, 2.45) is 4.99 Å². The van der Waals surface area contributed by atoms with Gasteiger partial charge in [0.1, 0.15) is 5.75 Å². The van der Waals surface area contributed by atoms with Crippen LogP contribution in [-0.4, -0.2) is 62.5 Å². The molecule has 0 saturated heterocycles. The number of nitrogens with zero attached hydrogens (tertiary/aromatic N) is 3. The van der Waals surface area contributed by atoms with Crippen LogP contribution >= 0.6 is 24.0 Å². The molecule has 0 heterocycles. The Kier molecular flexibility index (Phi) is 11.9. The van der Waals surface area contributed by atoms with E-state index in [1.807, 2.05) is 18.9 Å². The highest BCUT2D eigenvalue weighted by molar-refractivity contribution is 14.0. The second-order valence-electron chi connectivity index (χ2n) is 5.65. The molecular formula is C17H27F2IN4O2. The fourth-order valence-corrected chi connectivity index (χ4v) is 2.08. The zero-order valence-corrected chi connectivity index (χ0v) is 17.9. The van der Waals surface area contributed by atoms with E-state index in [1.165, 1.54) is 17.0 Å². The van der Waals surface area contributed by atoms with Gasteiger partial charge in [0.15, 0.2) is 5.96 Å². The molecule has 0 fully saturated rings. The number of nitrogens with one attached hydrogen (secondary N) is 1. The molecular weight excluding hydrogens is 457 g/mol. The van der Waals surface area contributed by atoms with Crippen LogP contribution in [0, 0.1) is 0 Å². The lowest BCUT2D eigenvalue weighted by molar-refractivity contribution is -0.128. The van der Waals surface area contributed by atoms with Crippen LogP contribution in [0.1, 0.15) is 18.9 Å². The van der Waals surface area contributed by atoms with Gasteiger partial charge in [-0.3, -0.25) is 9.79 Å². The first kappa shape index (κ1) is 24.4. The minimum Gasteiger partial charge on any atom is -0.435 e. The highest BCUT2D eigenvalue weighted by Crippen LogP contribution is 2.15. The molecule has 0 bridgehead atoms. The Morgan fingerprint density at radius 2 is 1.85 bits per heavy atom. The summed E-state index contributed by atoms with van der Waals surface area (Å²) in [4.78, 5) is 19.5. The number of guanidine groups is 1. The molecule has 0 saturated carbocycles. The third-order valence-corrected chi connectivity index (χ3v) is 3.35. The quantitative estimate of drug-likeness (QED) is 0.351. The van der Waals surface area contributed by atoms with Gasteiger partial charge >= 0.3 is 6.61 Å². The van der Waals surface area contributed by atoms with E-state index in [4.69, 9.17) is 0 Å². The number of halogens is 3. The van der Waals surface area contributed by atoms with Gasteiger partial charge in [0.25, 0.3) is 0 Å². The summed E-state index contributed by atoms with van der Waals surface area (Å²) in [6, 6.07) is 6.48. The van der Waals surface area contributed by atoms with Gasteiger partial charge in [-0.05, 0) is 24.6 Å². The lowest BCUT2D eigenvalue weighted by Crippen LogP contribution is -2.38. The lowest BCUT2D eigenvalue weighted by Gasteiger charge is -2.22. The second kappa shape index (κ2) is 12.7. The van der Waals surface area contributed by atoms with Crippen molar-refractivity contribution in [3.05, 3.63) is 29.8 Å². The predicted molar refractivity (Wildman–Crippen MR) is 109 cm³/mol. The molecule has 0 radical (unpaired) electrons. The van der Waals surface area contributed by atoms with E-state index in [2.05, 4.69) is 15.0 Å². The first-order chi connectivity index (χ1) is 11.8. The summed E-state index contributed by atoms with van der Waals surface area (Å²) in [6.45, 7) is 0.773. The zero-order valence-electron chi connectivity index (χ0n) is 15.5. The monoisotopic (exact) mass is 484 g/mol. The highest BCUT2D eigenvalue weighted by Gasteiger charge is 2.09. The van der Waals surface area contributed by atoms with Crippen LogP contribution in [0.5, 0.6) is 5.75 Å². The van der Waals surface area contributed by atoms with Crippen LogP contribution in [0.2, 0.25) is 0 Å². The second-order valence-corrected chi connectivity index (χ2v) is 5.65. The van der Waals surface area contributed by atoms with Gasteiger partial charge in [-0.15, -0.1) is 24.0 Å². The normalized spacial score (nSPS) is 11.0. The molecule has 0 aromatic heterocycles. The molecule has 1 aromatic rings. The van der Waals surface area contributed by atoms with Crippen molar-refractivity contribution in [2.75, 3.05) is 34.2 Å². The van der Waals surface area contributed by atoms with Gasteiger partial charge in [0, 0.05) is 40.7 Å². The molecule has 6 nitrogen and oxygen atoms in total. The van der Waals surface area contributed by atoms with Gasteiger partial charge in [-0.25, -0.2) is 0 Å². The largest absolute Gasteiger partial charge is 0.435 e. The Hall–Kier alpha value is -1.65. The van der Waals surface area contributed by atoms with Crippen LogP contribution in [-0.2, 0) is 11.3 Å². The molecule has 0 atom stereocenters. The first-order valence-corrected chi connectivity index (χ1v) is 8.06. The van der Waals surface area contributed by atoms with E-state index in [1.54, 1.807) is 26.2 Å². The van der Waals surface area contributed by atoms with E-state index in [0.717, 1.165) is 5.56 Å². The average Bonchev–Trinajstić information content (AvgIpc) is 2.55. The molecule has 9 heteroatoms. The summed E-state index contributed by atoms with van der Waals surface area (Å²) < 4.78 is 28.7. The van der Waals surface area contributed by atoms with Crippen LogP contribution in [0.4, 0.5) is 8.78 Å². The van der Waals surface area contributed by atoms with Gasteiger partial charge in [0.2, 0.25) is 5.91 Å². The summed E-state index contributed by atoms with van der Waals surface area (Å²) in [7, 11) is 5.30. The smallest absolute Gasteiger partial charge is 0.387 e. The maximum Gasteiger partial charge on any atom is 0.387 e. The van der Waals surface area contributed by atoms with E-state index in [-0.39, 0.29) is 35.6 Å². The summed E-state index contributed by atoms with van der Waals surface area (Å²) in [5.74, 6) is 0.836. The molecule has 1 aromatic carbocycles. The number of ether oxygens (including phenoxy) is 1. The standard InChI is InChI=1S/C17H26F2N4O2.HI/c1-5-20-17(21-11-10-15(24)22(2)3)23(4)12-13-6-8-14(9-7-13)25-16(18)19;/h6-9,16H,5,10-12H2,1-4H3,(H,20,21);1H. The Bertz CT molecular complexity index is 568. The molecule has 1 amide bonds. The SMILES string of the molecule is CCNC(=NCCC(=O)N(C)C)N(C)Cc1ccc(OC(F)F)cc1.I. The summed E-state index contributed by atoms with van der Waals surface area (Å²) >= 11 is 0. The predicted octanol–water partition coefficient (Wildman–Crippen LogP) is 2.78. The number of carbonyl (C=O) groups is 1. The van der Waals surface area contributed by atoms with Crippen molar-refractivity contribution in [1.82, 2.24) is 15.1 Å². The number of amides is 1. The van der Waals surface area contributed by atoms with Crippen molar-refractivity contribution >= 4 is 35.8 Å². The van der Waals surface area contributed by atoms with Crippen molar-refractivity contribution in [3.63, 3.8) is 0 Å². The van der Waals surface area contributed by atoms with E-state index >= 15 is 0 Å². The molecule has 0 unspecified atom stereocenters. The van der Waals surface area contributed by atoms with Crippen molar-refractivity contribution in [2.45, 2.75) is 26.5 Å². The Morgan fingerprint density at radius 1 is 1.23 bits per heavy atom. The molecule has 26 heavy (non-hydrogen) atoms. The number of aliphatic imine (C=N–C) groups is 1. The highest BCUT2D eigenvalue weighted by atomic mass is 127. The maximum atomic E-state index is 12.2. The van der Waals surface area contributed by atoms with Gasteiger partial charge in [-0.1, -0.05) is 12.1 Å². The van der Waals surface area contributed by atoms with Crippen molar-refractivity contribution < 1.29 is 18.3 Å². The number of benzene rings is 1. The Morgan fingerprint density at radius 3 is 2.35 bits per heavy atom. The van der Waals surface area contributed by atoms with E-state index in [0.29, 0.717) is 32.0 Å². The van der Waals surface area contributed by atoms with Gasteiger partial charge in [-0.2, -0.15) is 8.78 Å². The number of alkyl halides is 2. The van der Waals surface area contributed by atoms with Gasteiger partial charge < -0.3 is 19.9 Å². The fraction of sp³-hybridized carbons (Fsp3) is 0.529.